The fraction of sp³-hybridized carbons (Fsp3) is 0.125. The van der Waals surface area contributed by atoms with Crippen LogP contribution in [-0.4, -0.2) is 11.7 Å². The Hall–Kier alpha value is -0.630. The highest BCUT2D eigenvalue weighted by Gasteiger charge is 1.92. The third kappa shape index (κ3) is 1.67. The van der Waals surface area contributed by atoms with Gasteiger partial charge in [-0.2, -0.15) is 0 Å². The van der Waals surface area contributed by atoms with Gasteiger partial charge in [-0.1, -0.05) is 30.3 Å². The van der Waals surface area contributed by atoms with Gasteiger partial charge in [-0.15, -0.1) is 0 Å². The molecule has 0 aromatic heterocycles. The second-order valence-electron chi connectivity index (χ2n) is 1.88. The van der Waals surface area contributed by atoms with Crippen LogP contribution in [0.5, 0.6) is 0 Å². The molecule has 0 saturated heterocycles. The number of rotatable bonds is 1. The Morgan fingerprint density at radius 1 is 1.30 bits per heavy atom. The number of hydrogen-bond acceptors (Lipinski definition) is 1. The first-order valence-corrected chi connectivity index (χ1v) is 3.81. The van der Waals surface area contributed by atoms with Crippen LogP contribution in [0.1, 0.15) is 5.56 Å². The lowest BCUT2D eigenvalue weighted by Gasteiger charge is -1.93. The van der Waals surface area contributed by atoms with E-state index in [4.69, 9.17) is 0 Å². The van der Waals surface area contributed by atoms with Crippen LogP contribution in [0.15, 0.2) is 35.3 Å². The van der Waals surface area contributed by atoms with Crippen molar-refractivity contribution in [2.45, 2.75) is 0 Å². The molecular weight excluding hydrogens is 190 g/mol. The fourth-order valence-corrected chi connectivity index (χ4v) is 0.969. The van der Waals surface area contributed by atoms with Gasteiger partial charge in [0.25, 0.3) is 0 Å². The maximum absolute atomic E-state index is 3.99. The number of nitrogens with zero attached hydrogens (tertiary/aromatic N) is 1. The van der Waals surface area contributed by atoms with Gasteiger partial charge in [-0.25, -0.2) is 0 Å². The third-order valence-electron chi connectivity index (χ3n) is 1.21. The van der Waals surface area contributed by atoms with Gasteiger partial charge in [0.15, 0.2) is 0 Å². The highest BCUT2D eigenvalue weighted by molar-refractivity contribution is 9.18. The SMILES string of the molecule is CN=C(Br)c1ccccc1. The molecule has 0 radical (unpaired) electrons. The molecule has 0 aliphatic heterocycles. The molecule has 1 nitrogen and oxygen atoms in total. The summed E-state index contributed by atoms with van der Waals surface area (Å²) in [5.41, 5.74) is 1.12. The predicted octanol–water partition coefficient (Wildman–Crippen LogP) is 2.46. The summed E-state index contributed by atoms with van der Waals surface area (Å²) in [4.78, 5) is 3.99. The quantitative estimate of drug-likeness (QED) is 0.614. The highest BCUT2D eigenvalue weighted by Crippen LogP contribution is 2.05. The lowest BCUT2D eigenvalue weighted by atomic mass is 10.2. The molecule has 0 heterocycles. The molecule has 52 valence electrons. The summed E-state index contributed by atoms with van der Waals surface area (Å²) < 4.78 is 0.896. The van der Waals surface area contributed by atoms with Crippen molar-refractivity contribution >= 4 is 20.6 Å². The summed E-state index contributed by atoms with van der Waals surface area (Å²) in [7, 11) is 1.76. The summed E-state index contributed by atoms with van der Waals surface area (Å²) in [6.07, 6.45) is 0. The van der Waals surface area contributed by atoms with Gasteiger partial charge in [-0.05, 0) is 15.9 Å². The monoisotopic (exact) mass is 197 g/mol. The van der Waals surface area contributed by atoms with E-state index in [0.29, 0.717) is 0 Å². The van der Waals surface area contributed by atoms with Crippen LogP contribution in [0.4, 0.5) is 0 Å². The van der Waals surface area contributed by atoms with Crippen molar-refractivity contribution in [1.29, 1.82) is 0 Å². The molecule has 1 aromatic carbocycles. The Bertz CT molecular complexity index is 228. The summed E-state index contributed by atoms with van der Waals surface area (Å²) >= 11 is 3.33. The molecule has 2 heteroatoms. The Kier molecular flexibility index (Phi) is 2.63. The molecule has 0 saturated carbocycles. The molecule has 1 rings (SSSR count). The van der Waals surface area contributed by atoms with Crippen molar-refractivity contribution in [2.24, 2.45) is 4.99 Å². The standard InChI is InChI=1S/C8H8BrN/c1-10-8(9)7-5-3-2-4-6-7/h2-6H,1H3. The topological polar surface area (TPSA) is 12.4 Å². The van der Waals surface area contributed by atoms with Gasteiger partial charge in [-0.3, -0.25) is 4.99 Å². The second kappa shape index (κ2) is 3.52. The molecule has 0 bridgehead atoms. The Balaban J connectivity index is 2.96. The van der Waals surface area contributed by atoms with Crippen LogP contribution in [0, 0.1) is 0 Å². The van der Waals surface area contributed by atoms with E-state index < -0.39 is 0 Å². The molecule has 0 spiro atoms. The first-order valence-electron chi connectivity index (χ1n) is 3.02. The normalized spacial score (nSPS) is 11.6. The minimum Gasteiger partial charge on any atom is -0.281 e. The molecule has 1 aromatic rings. The van der Waals surface area contributed by atoms with Crippen LogP contribution < -0.4 is 0 Å². The molecule has 0 amide bonds. The van der Waals surface area contributed by atoms with E-state index in [1.54, 1.807) is 7.05 Å². The highest BCUT2D eigenvalue weighted by atomic mass is 79.9. The van der Waals surface area contributed by atoms with Crippen LogP contribution in [0.3, 0.4) is 0 Å². The zero-order valence-electron chi connectivity index (χ0n) is 5.71. The van der Waals surface area contributed by atoms with E-state index in [1.807, 2.05) is 30.3 Å². The van der Waals surface area contributed by atoms with E-state index in [2.05, 4.69) is 20.9 Å². The van der Waals surface area contributed by atoms with Gasteiger partial charge in [0, 0.05) is 12.6 Å². The lowest BCUT2D eigenvalue weighted by Crippen LogP contribution is -1.87. The number of halogens is 1. The predicted molar refractivity (Wildman–Crippen MR) is 47.8 cm³/mol. The Morgan fingerprint density at radius 3 is 2.40 bits per heavy atom. The van der Waals surface area contributed by atoms with Crippen LogP contribution in [0.25, 0.3) is 0 Å². The summed E-state index contributed by atoms with van der Waals surface area (Å²) in [5.74, 6) is 0. The molecule has 10 heavy (non-hydrogen) atoms. The second-order valence-corrected chi connectivity index (χ2v) is 2.63. The number of hydrogen-bond donors (Lipinski definition) is 0. The largest absolute Gasteiger partial charge is 0.281 e. The van der Waals surface area contributed by atoms with E-state index in [9.17, 15) is 0 Å². The Labute approximate surface area is 68.9 Å². The van der Waals surface area contributed by atoms with Crippen molar-refractivity contribution in [1.82, 2.24) is 0 Å². The van der Waals surface area contributed by atoms with E-state index >= 15 is 0 Å². The lowest BCUT2D eigenvalue weighted by molar-refractivity contribution is 1.46. The van der Waals surface area contributed by atoms with Crippen molar-refractivity contribution in [3.8, 4) is 0 Å². The van der Waals surface area contributed by atoms with Gasteiger partial charge in [0.05, 0.1) is 0 Å². The number of aliphatic imine (C=N–C) groups is 1. The smallest absolute Gasteiger partial charge is 0.107 e. The van der Waals surface area contributed by atoms with Crippen molar-refractivity contribution < 1.29 is 0 Å². The molecule has 0 unspecified atom stereocenters. The van der Waals surface area contributed by atoms with E-state index in [-0.39, 0.29) is 0 Å². The van der Waals surface area contributed by atoms with Crippen molar-refractivity contribution in [3.63, 3.8) is 0 Å². The summed E-state index contributed by atoms with van der Waals surface area (Å²) in [6.45, 7) is 0. The molecule has 0 N–H and O–H groups in total. The van der Waals surface area contributed by atoms with E-state index in [0.717, 1.165) is 10.2 Å². The minimum atomic E-state index is 0.896. The van der Waals surface area contributed by atoms with Gasteiger partial charge < -0.3 is 0 Å². The van der Waals surface area contributed by atoms with Crippen LogP contribution in [-0.2, 0) is 0 Å². The summed E-state index contributed by atoms with van der Waals surface area (Å²) in [6, 6.07) is 9.98. The van der Waals surface area contributed by atoms with Crippen molar-refractivity contribution in [2.75, 3.05) is 7.05 Å². The maximum atomic E-state index is 3.99. The third-order valence-corrected chi connectivity index (χ3v) is 2.02. The molecule has 0 atom stereocenters. The summed E-state index contributed by atoms with van der Waals surface area (Å²) in [5, 5.41) is 0. The zero-order valence-corrected chi connectivity index (χ0v) is 7.30. The van der Waals surface area contributed by atoms with Gasteiger partial charge in [0.1, 0.15) is 4.62 Å². The van der Waals surface area contributed by atoms with Crippen LogP contribution in [0.2, 0.25) is 0 Å². The van der Waals surface area contributed by atoms with Gasteiger partial charge in [0.2, 0.25) is 0 Å². The fourth-order valence-electron chi connectivity index (χ4n) is 0.705. The van der Waals surface area contributed by atoms with E-state index in [1.165, 1.54) is 0 Å². The minimum absolute atomic E-state index is 0.896. The average Bonchev–Trinajstić information content (AvgIpc) is 2.05. The first-order chi connectivity index (χ1) is 4.84. The molecule has 0 fully saturated rings. The van der Waals surface area contributed by atoms with Crippen molar-refractivity contribution in [3.05, 3.63) is 35.9 Å². The average molecular weight is 198 g/mol. The Morgan fingerprint density at radius 2 is 1.90 bits per heavy atom. The molecular formula is C8H8BrN. The maximum Gasteiger partial charge on any atom is 0.107 e. The van der Waals surface area contributed by atoms with Gasteiger partial charge >= 0.3 is 0 Å². The molecule has 0 aliphatic carbocycles. The zero-order chi connectivity index (χ0) is 7.40. The number of benzene rings is 1. The van der Waals surface area contributed by atoms with Crippen LogP contribution >= 0.6 is 15.9 Å². The molecule has 0 aliphatic rings. The first kappa shape index (κ1) is 7.48.